The fourth-order valence-corrected chi connectivity index (χ4v) is 6.08. The smallest absolute Gasteiger partial charge is 0.168 e. The molecule has 0 saturated heterocycles. The molecule has 0 aliphatic rings. The van der Waals surface area contributed by atoms with Crippen LogP contribution in [0.25, 0.3) is 0 Å². The minimum absolute atomic E-state index is 0.0344. The summed E-state index contributed by atoms with van der Waals surface area (Å²) in [6, 6.07) is 9.42. The van der Waals surface area contributed by atoms with Crippen molar-refractivity contribution < 1.29 is 0 Å². The molecule has 0 spiro atoms. The van der Waals surface area contributed by atoms with E-state index in [0.717, 1.165) is 11.4 Å². The Bertz CT molecular complexity index is 1160. The molecule has 0 aliphatic carbocycles. The van der Waals surface area contributed by atoms with Crippen LogP contribution in [0.1, 0.15) is 158 Å². The number of nitrogens with zero attached hydrogens (tertiary/aromatic N) is 2. The average molecular weight is 585 g/mol. The van der Waals surface area contributed by atoms with E-state index in [9.17, 15) is 0 Å². The Morgan fingerprint density at radius 1 is 0.400 bits per heavy atom. The van der Waals surface area contributed by atoms with Crippen molar-refractivity contribution in [1.29, 1.82) is 0 Å². The second kappa shape index (κ2) is 11.0. The van der Waals surface area contributed by atoms with Gasteiger partial charge in [0.2, 0.25) is 0 Å². The number of halogens is 1. The van der Waals surface area contributed by atoms with E-state index in [0.29, 0.717) is 0 Å². The molecule has 0 bridgehead atoms. The highest BCUT2D eigenvalue weighted by Gasteiger charge is 2.31. The Morgan fingerprint density at radius 3 is 0.750 bits per heavy atom. The third-order valence-corrected chi connectivity index (χ3v) is 8.73. The Morgan fingerprint density at radius 2 is 0.600 bits per heavy atom. The Labute approximate surface area is 253 Å². The van der Waals surface area contributed by atoms with Crippen LogP contribution in [0.4, 0.5) is 11.4 Å². The SMILES string of the molecule is CC(C)(C)c1cc(C(C)(C)C)c(N=P(Cl)=Nc2c(C(C)(C)C)cc(C(C)(C)C)cc2C(C)(C)C)c(C(C)(C)C)c1. The van der Waals surface area contributed by atoms with Crippen molar-refractivity contribution in [3.8, 4) is 0 Å². The Balaban J connectivity index is 3.12. The van der Waals surface area contributed by atoms with Crippen LogP contribution < -0.4 is 0 Å². The lowest BCUT2D eigenvalue weighted by Crippen LogP contribution is -2.21. The molecule has 0 aliphatic heterocycles. The molecule has 0 amide bonds. The zero-order chi connectivity index (χ0) is 31.4. The van der Waals surface area contributed by atoms with E-state index >= 15 is 0 Å². The Hall–Kier alpha value is -1.37. The van der Waals surface area contributed by atoms with Gasteiger partial charge in [0.1, 0.15) is 0 Å². The molecule has 0 unspecified atom stereocenters. The minimum atomic E-state index is -1.54. The van der Waals surface area contributed by atoms with E-state index in [-0.39, 0.29) is 32.5 Å². The zero-order valence-corrected chi connectivity index (χ0v) is 30.7. The van der Waals surface area contributed by atoms with Gasteiger partial charge in [0, 0.05) is 0 Å². The van der Waals surface area contributed by atoms with Crippen LogP contribution in [0.15, 0.2) is 33.8 Å². The van der Waals surface area contributed by atoms with E-state index < -0.39 is 6.86 Å². The van der Waals surface area contributed by atoms with Crippen LogP contribution >= 0.6 is 18.1 Å². The maximum absolute atomic E-state index is 7.23. The van der Waals surface area contributed by atoms with Crippen molar-refractivity contribution in [2.45, 2.75) is 157 Å². The van der Waals surface area contributed by atoms with E-state index in [1.807, 2.05) is 0 Å². The zero-order valence-electron chi connectivity index (χ0n) is 29.0. The van der Waals surface area contributed by atoms with Crippen molar-refractivity contribution in [2.24, 2.45) is 9.49 Å². The molecule has 0 fully saturated rings. The molecule has 0 aromatic heterocycles. The summed E-state index contributed by atoms with van der Waals surface area (Å²) in [4.78, 5) is 0. The maximum atomic E-state index is 7.23. The van der Waals surface area contributed by atoms with Gasteiger partial charge in [0.05, 0.1) is 11.4 Å². The molecule has 4 heteroatoms. The molecule has 40 heavy (non-hydrogen) atoms. The number of hydrogen-bond acceptors (Lipinski definition) is 2. The van der Waals surface area contributed by atoms with Crippen LogP contribution in [0.3, 0.4) is 0 Å². The molecule has 0 N–H and O–H groups in total. The highest BCUT2D eigenvalue weighted by Crippen LogP contribution is 2.49. The molecule has 2 aromatic rings. The third kappa shape index (κ3) is 8.35. The number of rotatable bonds is 2. The van der Waals surface area contributed by atoms with Gasteiger partial charge >= 0.3 is 0 Å². The van der Waals surface area contributed by atoms with Gasteiger partial charge in [-0.15, -0.1) is 0 Å². The van der Waals surface area contributed by atoms with Crippen LogP contribution in [-0.4, -0.2) is 0 Å². The monoisotopic (exact) mass is 584 g/mol. The predicted octanol–water partition coefficient (Wildman–Crippen LogP) is 13.4. The van der Waals surface area contributed by atoms with Crippen molar-refractivity contribution in [1.82, 2.24) is 0 Å². The Kier molecular flexibility index (Phi) is 9.61. The lowest BCUT2D eigenvalue weighted by atomic mass is 9.74. The summed E-state index contributed by atoms with van der Waals surface area (Å²) < 4.78 is 10.6. The van der Waals surface area contributed by atoms with Crippen LogP contribution in [0.5, 0.6) is 0 Å². The first-order valence-corrected chi connectivity index (χ1v) is 17.0. The largest absolute Gasteiger partial charge is 0.204 e. The van der Waals surface area contributed by atoms with Crippen LogP contribution in [-0.2, 0) is 32.5 Å². The summed E-state index contributed by atoms with van der Waals surface area (Å²) in [6.45, 7) is 39.4. The van der Waals surface area contributed by atoms with Gasteiger partial charge in [-0.3, -0.25) is 0 Å². The molecule has 0 saturated carbocycles. The van der Waals surface area contributed by atoms with E-state index in [2.05, 4.69) is 149 Å². The van der Waals surface area contributed by atoms with Gasteiger partial charge in [-0.1, -0.05) is 149 Å². The molecule has 2 aromatic carbocycles. The second-order valence-electron chi connectivity index (χ2n) is 17.8. The van der Waals surface area contributed by atoms with E-state index in [1.54, 1.807) is 0 Å². The highest BCUT2D eigenvalue weighted by atomic mass is 35.7. The first-order chi connectivity index (χ1) is 17.5. The molecular formula is C36H58ClN2P. The van der Waals surface area contributed by atoms with Gasteiger partial charge in [-0.2, -0.15) is 0 Å². The summed E-state index contributed by atoms with van der Waals surface area (Å²) >= 11 is 7.23. The standard InChI is InChI=1S/C36H58ClN2P/c1-31(2,3)23-19-25(33(7,8)9)29(26(20-23)34(10,11)12)38-40(37)39-30-27(35(13,14)15)21-24(32(4,5)6)22-28(30)36(16,17)18/h19-22H,1-18H3. The summed E-state index contributed by atoms with van der Waals surface area (Å²) in [5, 5.41) is 0. The summed E-state index contributed by atoms with van der Waals surface area (Å²) in [5.74, 6) is 0. The quantitative estimate of drug-likeness (QED) is 0.313. The first-order valence-electron chi connectivity index (χ1n) is 14.8. The first kappa shape index (κ1) is 34.8. The highest BCUT2D eigenvalue weighted by molar-refractivity contribution is 7.67. The molecule has 0 heterocycles. The second-order valence-corrected chi connectivity index (χ2v) is 19.6. The van der Waals surface area contributed by atoms with Crippen molar-refractivity contribution in [3.63, 3.8) is 0 Å². The summed E-state index contributed by atoms with van der Waals surface area (Å²) in [6.07, 6.45) is 0. The summed E-state index contributed by atoms with van der Waals surface area (Å²) in [5.41, 5.74) is 9.36. The lowest BCUT2D eigenvalue weighted by Gasteiger charge is -2.32. The average Bonchev–Trinajstić information content (AvgIpc) is 2.68. The number of benzene rings is 2. The van der Waals surface area contributed by atoms with Crippen molar-refractivity contribution in [3.05, 3.63) is 57.6 Å². The number of hydrogen-bond donors (Lipinski definition) is 0. The van der Waals surface area contributed by atoms with Gasteiger partial charge in [-0.05, 0) is 77.1 Å². The molecule has 224 valence electrons. The van der Waals surface area contributed by atoms with Crippen molar-refractivity contribution in [2.75, 3.05) is 0 Å². The van der Waals surface area contributed by atoms with Crippen molar-refractivity contribution >= 4 is 29.5 Å². The maximum Gasteiger partial charge on any atom is 0.168 e. The summed E-state index contributed by atoms with van der Waals surface area (Å²) in [7, 11) is 0. The van der Waals surface area contributed by atoms with Gasteiger partial charge in [0.15, 0.2) is 6.86 Å². The molecule has 2 rings (SSSR count). The lowest BCUT2D eigenvalue weighted by molar-refractivity contribution is 0.549. The minimum Gasteiger partial charge on any atom is -0.204 e. The molecule has 0 atom stereocenters. The van der Waals surface area contributed by atoms with E-state index in [4.69, 9.17) is 20.7 Å². The van der Waals surface area contributed by atoms with Crippen LogP contribution in [0.2, 0.25) is 0 Å². The normalized spacial score (nSPS) is 14.7. The molecule has 2 nitrogen and oxygen atoms in total. The molecular weight excluding hydrogens is 527 g/mol. The fraction of sp³-hybridized carbons (Fsp3) is 0.667. The van der Waals surface area contributed by atoms with E-state index in [1.165, 1.54) is 33.4 Å². The van der Waals surface area contributed by atoms with Crippen LogP contribution in [0, 0.1) is 0 Å². The fourth-order valence-electron chi connectivity index (χ4n) is 4.82. The topological polar surface area (TPSA) is 24.7 Å². The van der Waals surface area contributed by atoms with Gasteiger partial charge in [0.25, 0.3) is 0 Å². The predicted molar refractivity (Wildman–Crippen MR) is 182 cm³/mol. The van der Waals surface area contributed by atoms with Gasteiger partial charge < -0.3 is 0 Å². The molecule has 0 radical (unpaired) electrons. The van der Waals surface area contributed by atoms with Gasteiger partial charge in [-0.25, -0.2) is 9.49 Å². The third-order valence-electron chi connectivity index (χ3n) is 7.55.